The first kappa shape index (κ1) is 22.2. The van der Waals surface area contributed by atoms with Crippen molar-refractivity contribution < 1.29 is 22.7 Å². The molecule has 2 N–H and O–H groups in total. The number of benzene rings is 2. The Labute approximate surface area is 178 Å². The van der Waals surface area contributed by atoms with E-state index in [1.54, 1.807) is 19.1 Å². The molecule has 2 aromatic carbocycles. The number of nitrogens with one attached hydrogen (secondary N) is 2. The van der Waals surface area contributed by atoms with Gasteiger partial charge in [0.05, 0.1) is 28.6 Å². The van der Waals surface area contributed by atoms with E-state index in [2.05, 4.69) is 10.3 Å². The summed E-state index contributed by atoms with van der Waals surface area (Å²) in [5.41, 5.74) is -3.46. The number of aromatic nitrogens is 2. The Balaban J connectivity index is 1.98. The fraction of sp³-hybridized carbons (Fsp3) is 0.150. The Hall–Kier alpha value is -3.53. The van der Waals surface area contributed by atoms with Crippen LogP contribution in [-0.2, 0) is 6.18 Å². The molecular weight excluding hydrogens is 439 g/mol. The maximum Gasteiger partial charge on any atom is 0.416 e. The van der Waals surface area contributed by atoms with Crippen molar-refractivity contribution in [3.63, 3.8) is 0 Å². The van der Waals surface area contributed by atoms with Crippen LogP contribution in [0.15, 0.2) is 58.3 Å². The summed E-state index contributed by atoms with van der Waals surface area (Å²) in [5, 5.41) is 2.02. The molecule has 1 amide bonds. The number of carbonyl (C=O) groups excluding carboxylic acids is 1. The minimum absolute atomic E-state index is 0.155. The van der Waals surface area contributed by atoms with Crippen LogP contribution in [0.5, 0.6) is 5.75 Å². The van der Waals surface area contributed by atoms with E-state index in [0.717, 1.165) is 22.9 Å². The van der Waals surface area contributed by atoms with Crippen LogP contribution < -0.4 is 21.3 Å². The van der Waals surface area contributed by atoms with E-state index in [4.69, 9.17) is 16.3 Å². The standard InChI is InChI=1S/C20H15ClF3N3O4/c1-2-31-13-6-4-12(5-7-13)27-18(29)14(10-25-19(27)30)17(28)26-16-9-11(20(22,23)24)3-8-15(16)21/h3-10H,2H2,1H3,(H,25,30)(H,26,28). The zero-order chi connectivity index (χ0) is 22.8. The van der Waals surface area contributed by atoms with Gasteiger partial charge in [-0.2, -0.15) is 13.2 Å². The van der Waals surface area contributed by atoms with E-state index in [1.165, 1.54) is 12.1 Å². The largest absolute Gasteiger partial charge is 0.494 e. The SMILES string of the molecule is CCOc1ccc(-n2c(=O)[nH]cc(C(=O)Nc3cc(C(F)(F)F)ccc3Cl)c2=O)cc1. The van der Waals surface area contributed by atoms with E-state index in [1.807, 2.05) is 0 Å². The van der Waals surface area contributed by atoms with Gasteiger partial charge in [0.1, 0.15) is 11.3 Å². The molecule has 0 aliphatic rings. The van der Waals surface area contributed by atoms with E-state index < -0.39 is 34.5 Å². The quantitative estimate of drug-likeness (QED) is 0.613. The number of hydrogen-bond acceptors (Lipinski definition) is 4. The number of halogens is 4. The summed E-state index contributed by atoms with van der Waals surface area (Å²) in [6, 6.07) is 8.37. The molecule has 0 bridgehead atoms. The highest BCUT2D eigenvalue weighted by atomic mass is 35.5. The molecule has 1 heterocycles. The van der Waals surface area contributed by atoms with Crippen molar-refractivity contribution in [2.24, 2.45) is 0 Å². The number of carbonyl (C=O) groups is 1. The number of hydrogen-bond donors (Lipinski definition) is 2. The Kier molecular flexibility index (Phi) is 6.21. The summed E-state index contributed by atoms with van der Waals surface area (Å²) in [6.07, 6.45) is -3.77. The predicted molar refractivity (Wildman–Crippen MR) is 108 cm³/mol. The van der Waals surface area contributed by atoms with Gasteiger partial charge in [0.2, 0.25) is 0 Å². The van der Waals surface area contributed by atoms with Crippen LogP contribution in [0.4, 0.5) is 18.9 Å². The van der Waals surface area contributed by atoms with E-state index in [0.29, 0.717) is 18.4 Å². The van der Waals surface area contributed by atoms with Gasteiger partial charge in [-0.3, -0.25) is 9.59 Å². The molecule has 3 aromatic rings. The molecule has 0 unspecified atom stereocenters. The number of nitrogens with zero attached hydrogens (tertiary/aromatic N) is 1. The van der Waals surface area contributed by atoms with Crippen molar-refractivity contribution in [3.05, 3.63) is 85.6 Å². The van der Waals surface area contributed by atoms with Gasteiger partial charge in [0.25, 0.3) is 11.5 Å². The number of ether oxygens (including phenoxy) is 1. The van der Waals surface area contributed by atoms with Crippen LogP contribution in [-0.4, -0.2) is 22.1 Å². The number of alkyl halides is 3. The Morgan fingerprint density at radius 1 is 1.16 bits per heavy atom. The molecule has 7 nitrogen and oxygen atoms in total. The van der Waals surface area contributed by atoms with Crippen molar-refractivity contribution in [3.8, 4) is 11.4 Å². The zero-order valence-electron chi connectivity index (χ0n) is 15.9. The van der Waals surface area contributed by atoms with E-state index in [-0.39, 0.29) is 16.4 Å². The second-order valence-electron chi connectivity index (χ2n) is 6.22. The molecule has 11 heteroatoms. The molecular formula is C20H15ClF3N3O4. The van der Waals surface area contributed by atoms with Crippen LogP contribution in [0.3, 0.4) is 0 Å². The minimum atomic E-state index is -4.65. The molecule has 0 aliphatic heterocycles. The number of anilines is 1. The van der Waals surface area contributed by atoms with E-state index in [9.17, 15) is 27.6 Å². The number of amides is 1. The van der Waals surface area contributed by atoms with Crippen LogP contribution in [0.25, 0.3) is 5.69 Å². The maximum atomic E-state index is 12.9. The highest BCUT2D eigenvalue weighted by molar-refractivity contribution is 6.34. The molecule has 0 aliphatic carbocycles. The Morgan fingerprint density at radius 3 is 2.45 bits per heavy atom. The molecule has 0 spiro atoms. The lowest BCUT2D eigenvalue weighted by atomic mass is 10.2. The number of aromatic amines is 1. The second kappa shape index (κ2) is 8.68. The first-order chi connectivity index (χ1) is 14.6. The molecule has 0 saturated heterocycles. The average Bonchev–Trinajstić information content (AvgIpc) is 2.70. The van der Waals surface area contributed by atoms with Crippen LogP contribution in [0, 0.1) is 0 Å². The first-order valence-electron chi connectivity index (χ1n) is 8.88. The summed E-state index contributed by atoms with van der Waals surface area (Å²) in [5.74, 6) is -0.522. The zero-order valence-corrected chi connectivity index (χ0v) is 16.7. The predicted octanol–water partition coefficient (Wildman–Crippen LogP) is 3.85. The second-order valence-corrected chi connectivity index (χ2v) is 6.63. The lowest BCUT2D eigenvalue weighted by Gasteiger charge is -2.12. The third kappa shape index (κ3) is 4.80. The molecule has 0 fully saturated rings. The topological polar surface area (TPSA) is 93.2 Å². The van der Waals surface area contributed by atoms with Crippen molar-refractivity contribution in [2.45, 2.75) is 13.1 Å². The average molecular weight is 454 g/mol. The monoisotopic (exact) mass is 453 g/mol. The fourth-order valence-corrected chi connectivity index (χ4v) is 2.88. The molecule has 1 aromatic heterocycles. The van der Waals surface area contributed by atoms with Gasteiger partial charge in [0, 0.05) is 6.20 Å². The molecule has 3 rings (SSSR count). The minimum Gasteiger partial charge on any atom is -0.494 e. The van der Waals surface area contributed by atoms with Gasteiger partial charge < -0.3 is 15.0 Å². The lowest BCUT2D eigenvalue weighted by molar-refractivity contribution is -0.137. The highest BCUT2D eigenvalue weighted by Gasteiger charge is 2.31. The summed E-state index contributed by atoms with van der Waals surface area (Å²) in [7, 11) is 0. The maximum absolute atomic E-state index is 12.9. The van der Waals surface area contributed by atoms with Gasteiger partial charge >= 0.3 is 11.9 Å². The Bertz CT molecular complexity index is 1230. The van der Waals surface area contributed by atoms with Gasteiger partial charge in [-0.15, -0.1) is 0 Å². The fourth-order valence-electron chi connectivity index (χ4n) is 2.72. The summed E-state index contributed by atoms with van der Waals surface area (Å²) < 4.78 is 44.8. The third-order valence-electron chi connectivity index (χ3n) is 4.17. The normalized spacial score (nSPS) is 11.3. The van der Waals surface area contributed by atoms with Crippen molar-refractivity contribution in [1.29, 1.82) is 0 Å². The van der Waals surface area contributed by atoms with Gasteiger partial charge in [-0.05, 0) is 49.4 Å². The van der Waals surface area contributed by atoms with Crippen molar-refractivity contribution >= 4 is 23.2 Å². The van der Waals surface area contributed by atoms with Crippen LogP contribution in [0.1, 0.15) is 22.8 Å². The van der Waals surface area contributed by atoms with Crippen molar-refractivity contribution in [1.82, 2.24) is 9.55 Å². The molecule has 31 heavy (non-hydrogen) atoms. The van der Waals surface area contributed by atoms with Crippen molar-refractivity contribution in [2.75, 3.05) is 11.9 Å². The molecule has 162 valence electrons. The van der Waals surface area contributed by atoms with E-state index >= 15 is 0 Å². The lowest BCUT2D eigenvalue weighted by Crippen LogP contribution is -2.38. The number of H-pyrrole nitrogens is 1. The highest BCUT2D eigenvalue weighted by Crippen LogP contribution is 2.33. The number of rotatable bonds is 5. The molecule has 0 radical (unpaired) electrons. The van der Waals surface area contributed by atoms with Gasteiger partial charge in [-0.25, -0.2) is 9.36 Å². The smallest absolute Gasteiger partial charge is 0.416 e. The summed E-state index contributed by atoms with van der Waals surface area (Å²) in [6.45, 7) is 2.22. The summed E-state index contributed by atoms with van der Waals surface area (Å²) >= 11 is 5.88. The van der Waals surface area contributed by atoms with Crippen LogP contribution >= 0.6 is 11.6 Å². The molecule has 0 atom stereocenters. The first-order valence-corrected chi connectivity index (χ1v) is 9.25. The Morgan fingerprint density at radius 2 is 1.84 bits per heavy atom. The third-order valence-corrected chi connectivity index (χ3v) is 4.50. The summed E-state index contributed by atoms with van der Waals surface area (Å²) in [4.78, 5) is 39.8. The molecule has 0 saturated carbocycles. The van der Waals surface area contributed by atoms with Gasteiger partial charge in [-0.1, -0.05) is 11.6 Å². The van der Waals surface area contributed by atoms with Crippen LogP contribution in [0.2, 0.25) is 5.02 Å². The van der Waals surface area contributed by atoms with Gasteiger partial charge in [0.15, 0.2) is 0 Å².